The van der Waals surface area contributed by atoms with Crippen molar-refractivity contribution in [2.75, 3.05) is 19.8 Å². The fourth-order valence-corrected chi connectivity index (χ4v) is 1.38. The SMILES string of the molecule is CC(N)(CCOCC1CCCO1)C(=O)O. The Bertz CT molecular complexity index is 211. The van der Waals surface area contributed by atoms with Gasteiger partial charge >= 0.3 is 5.97 Å². The van der Waals surface area contributed by atoms with Gasteiger partial charge < -0.3 is 20.3 Å². The predicted octanol–water partition coefficient (Wildman–Crippen LogP) is 0.374. The van der Waals surface area contributed by atoms with E-state index in [2.05, 4.69) is 0 Å². The van der Waals surface area contributed by atoms with Gasteiger partial charge in [0, 0.05) is 13.2 Å². The molecular weight excluding hydrogens is 198 g/mol. The van der Waals surface area contributed by atoms with Crippen molar-refractivity contribution in [3.05, 3.63) is 0 Å². The van der Waals surface area contributed by atoms with Crippen LogP contribution in [0, 0.1) is 0 Å². The van der Waals surface area contributed by atoms with E-state index in [0.717, 1.165) is 19.4 Å². The van der Waals surface area contributed by atoms with Crippen LogP contribution in [0.15, 0.2) is 0 Å². The number of aliphatic carboxylic acids is 1. The molecule has 1 aliphatic rings. The molecule has 0 bridgehead atoms. The third kappa shape index (κ3) is 4.15. The molecule has 1 fully saturated rings. The summed E-state index contributed by atoms with van der Waals surface area (Å²) in [4.78, 5) is 10.7. The fourth-order valence-electron chi connectivity index (χ4n) is 1.38. The van der Waals surface area contributed by atoms with Crippen molar-refractivity contribution in [1.29, 1.82) is 0 Å². The quantitative estimate of drug-likeness (QED) is 0.628. The van der Waals surface area contributed by atoms with Gasteiger partial charge in [0.05, 0.1) is 12.7 Å². The highest BCUT2D eigenvalue weighted by Gasteiger charge is 2.27. The zero-order valence-electron chi connectivity index (χ0n) is 9.07. The smallest absolute Gasteiger partial charge is 0.323 e. The van der Waals surface area contributed by atoms with Crippen LogP contribution in [0.5, 0.6) is 0 Å². The van der Waals surface area contributed by atoms with E-state index in [4.69, 9.17) is 20.3 Å². The minimum absolute atomic E-state index is 0.179. The highest BCUT2D eigenvalue weighted by atomic mass is 16.5. The number of carbonyl (C=O) groups is 1. The molecule has 88 valence electrons. The second-order valence-corrected chi connectivity index (χ2v) is 4.18. The van der Waals surface area contributed by atoms with E-state index in [1.165, 1.54) is 6.92 Å². The molecular formula is C10H19NO4. The molecule has 0 aromatic rings. The first-order valence-corrected chi connectivity index (χ1v) is 5.24. The van der Waals surface area contributed by atoms with Gasteiger partial charge in [-0.25, -0.2) is 0 Å². The van der Waals surface area contributed by atoms with Crippen molar-refractivity contribution in [3.8, 4) is 0 Å². The molecule has 1 aliphatic heterocycles. The molecule has 15 heavy (non-hydrogen) atoms. The van der Waals surface area contributed by atoms with Crippen LogP contribution < -0.4 is 5.73 Å². The Morgan fingerprint density at radius 1 is 1.73 bits per heavy atom. The van der Waals surface area contributed by atoms with Gasteiger partial charge in [-0.3, -0.25) is 4.79 Å². The van der Waals surface area contributed by atoms with Crippen LogP contribution in [0.1, 0.15) is 26.2 Å². The summed E-state index contributed by atoms with van der Waals surface area (Å²) in [7, 11) is 0. The zero-order valence-corrected chi connectivity index (χ0v) is 9.07. The van der Waals surface area contributed by atoms with E-state index >= 15 is 0 Å². The van der Waals surface area contributed by atoms with Crippen LogP contribution >= 0.6 is 0 Å². The fraction of sp³-hybridized carbons (Fsp3) is 0.900. The molecule has 1 rings (SSSR count). The normalized spacial score (nSPS) is 25.1. The Hall–Kier alpha value is -0.650. The molecule has 0 saturated carbocycles. The van der Waals surface area contributed by atoms with Gasteiger partial charge in [-0.1, -0.05) is 0 Å². The largest absolute Gasteiger partial charge is 0.480 e. The second-order valence-electron chi connectivity index (χ2n) is 4.18. The maximum atomic E-state index is 10.7. The number of carboxylic acid groups (broad SMARTS) is 1. The number of nitrogens with two attached hydrogens (primary N) is 1. The highest BCUT2D eigenvalue weighted by Crippen LogP contribution is 2.12. The predicted molar refractivity (Wildman–Crippen MR) is 54.6 cm³/mol. The molecule has 0 radical (unpaired) electrons. The number of hydrogen-bond acceptors (Lipinski definition) is 4. The first-order valence-electron chi connectivity index (χ1n) is 5.24. The Labute approximate surface area is 89.5 Å². The Morgan fingerprint density at radius 3 is 3.00 bits per heavy atom. The maximum Gasteiger partial charge on any atom is 0.323 e. The molecule has 0 aromatic heterocycles. The van der Waals surface area contributed by atoms with E-state index in [1.54, 1.807) is 0 Å². The lowest BCUT2D eigenvalue weighted by atomic mass is 10.0. The molecule has 2 atom stereocenters. The second kappa shape index (κ2) is 5.44. The zero-order chi connectivity index (χ0) is 11.3. The van der Waals surface area contributed by atoms with Crippen LogP contribution in [-0.4, -0.2) is 42.5 Å². The minimum atomic E-state index is -1.20. The van der Waals surface area contributed by atoms with Crippen molar-refractivity contribution in [1.82, 2.24) is 0 Å². The summed E-state index contributed by atoms with van der Waals surface area (Å²) in [5.41, 5.74) is 4.35. The summed E-state index contributed by atoms with van der Waals surface area (Å²) in [6.45, 7) is 3.19. The van der Waals surface area contributed by atoms with Crippen molar-refractivity contribution in [2.45, 2.75) is 37.8 Å². The van der Waals surface area contributed by atoms with Crippen LogP contribution in [0.3, 0.4) is 0 Å². The van der Waals surface area contributed by atoms with Crippen molar-refractivity contribution in [2.24, 2.45) is 5.73 Å². The molecule has 5 heteroatoms. The van der Waals surface area contributed by atoms with Gasteiger partial charge in [0.2, 0.25) is 0 Å². The highest BCUT2D eigenvalue weighted by molar-refractivity contribution is 5.77. The summed E-state index contributed by atoms with van der Waals surface area (Å²) in [5, 5.41) is 8.75. The summed E-state index contributed by atoms with van der Waals surface area (Å²) in [6.07, 6.45) is 2.60. The molecule has 5 nitrogen and oxygen atoms in total. The number of hydrogen-bond donors (Lipinski definition) is 2. The van der Waals surface area contributed by atoms with Gasteiger partial charge in [0.15, 0.2) is 0 Å². The summed E-state index contributed by atoms with van der Waals surface area (Å²) in [6, 6.07) is 0. The number of rotatable bonds is 6. The third-order valence-electron chi connectivity index (χ3n) is 2.58. The molecule has 0 aliphatic carbocycles. The number of ether oxygens (including phenoxy) is 2. The minimum Gasteiger partial charge on any atom is -0.480 e. The molecule has 2 unspecified atom stereocenters. The first-order chi connectivity index (χ1) is 7.02. The van der Waals surface area contributed by atoms with Gasteiger partial charge in [-0.05, 0) is 26.2 Å². The lowest BCUT2D eigenvalue weighted by molar-refractivity contribution is -0.143. The topological polar surface area (TPSA) is 81.8 Å². The summed E-state index contributed by atoms with van der Waals surface area (Å²) >= 11 is 0. The van der Waals surface area contributed by atoms with Crippen LogP contribution in [0.2, 0.25) is 0 Å². The lowest BCUT2D eigenvalue weighted by Crippen LogP contribution is -2.45. The Balaban J connectivity index is 2.08. The lowest BCUT2D eigenvalue weighted by Gasteiger charge is -2.19. The third-order valence-corrected chi connectivity index (χ3v) is 2.58. The summed E-state index contributed by atoms with van der Waals surface area (Å²) in [5.74, 6) is -0.997. The standard InChI is InChI=1S/C10H19NO4/c1-10(11,9(12)13)4-6-14-7-8-3-2-5-15-8/h8H,2-7,11H2,1H3,(H,12,13). The van der Waals surface area contributed by atoms with Crippen molar-refractivity contribution in [3.63, 3.8) is 0 Å². The molecule has 0 amide bonds. The molecule has 0 spiro atoms. The molecule has 0 aromatic carbocycles. The van der Waals surface area contributed by atoms with Crippen molar-refractivity contribution >= 4 is 5.97 Å². The molecule has 1 saturated heterocycles. The van der Waals surface area contributed by atoms with E-state index < -0.39 is 11.5 Å². The van der Waals surface area contributed by atoms with Gasteiger partial charge in [-0.15, -0.1) is 0 Å². The maximum absolute atomic E-state index is 10.7. The van der Waals surface area contributed by atoms with E-state index in [0.29, 0.717) is 19.6 Å². The van der Waals surface area contributed by atoms with E-state index in [-0.39, 0.29) is 6.10 Å². The van der Waals surface area contributed by atoms with Crippen LogP contribution in [0.4, 0.5) is 0 Å². The van der Waals surface area contributed by atoms with Crippen molar-refractivity contribution < 1.29 is 19.4 Å². The average molecular weight is 217 g/mol. The monoisotopic (exact) mass is 217 g/mol. The number of carboxylic acids is 1. The van der Waals surface area contributed by atoms with E-state index in [9.17, 15) is 4.79 Å². The van der Waals surface area contributed by atoms with Crippen LogP contribution in [-0.2, 0) is 14.3 Å². The molecule has 3 N–H and O–H groups in total. The van der Waals surface area contributed by atoms with Gasteiger partial charge in [0.25, 0.3) is 0 Å². The Morgan fingerprint density at radius 2 is 2.47 bits per heavy atom. The molecule has 1 heterocycles. The van der Waals surface area contributed by atoms with E-state index in [1.807, 2.05) is 0 Å². The van der Waals surface area contributed by atoms with Crippen LogP contribution in [0.25, 0.3) is 0 Å². The first kappa shape index (κ1) is 12.4. The van der Waals surface area contributed by atoms with Gasteiger partial charge in [0.1, 0.15) is 5.54 Å². The Kier molecular flexibility index (Phi) is 4.50. The average Bonchev–Trinajstić information content (AvgIpc) is 2.64. The summed E-state index contributed by atoms with van der Waals surface area (Å²) < 4.78 is 10.7. The van der Waals surface area contributed by atoms with Gasteiger partial charge in [-0.2, -0.15) is 0 Å².